The van der Waals surface area contributed by atoms with E-state index in [1.165, 1.54) is 6.26 Å². The molecular formula is C15H25BrN6O3S. The predicted molar refractivity (Wildman–Crippen MR) is 106 cm³/mol. The molecule has 2 heterocycles. The third-order valence-corrected chi connectivity index (χ3v) is 5.28. The number of rotatable bonds is 6. The van der Waals surface area contributed by atoms with Gasteiger partial charge in [0, 0.05) is 39.0 Å². The van der Waals surface area contributed by atoms with E-state index < -0.39 is 9.84 Å². The van der Waals surface area contributed by atoms with Gasteiger partial charge < -0.3 is 19.9 Å². The number of hydrogen-bond donors (Lipinski definition) is 1. The van der Waals surface area contributed by atoms with Gasteiger partial charge in [-0.15, -0.1) is 0 Å². The molecule has 0 atom stereocenters. The Labute approximate surface area is 162 Å². The van der Waals surface area contributed by atoms with Crippen LogP contribution in [0.15, 0.2) is 15.7 Å². The molecule has 26 heavy (non-hydrogen) atoms. The molecule has 2 rings (SSSR count). The first-order valence-electron chi connectivity index (χ1n) is 8.36. The molecule has 9 nitrogen and oxygen atoms in total. The number of sulfone groups is 1. The summed E-state index contributed by atoms with van der Waals surface area (Å²) in [6, 6.07) is 0. The Bertz CT molecular complexity index is 735. The zero-order chi connectivity index (χ0) is 19.2. The van der Waals surface area contributed by atoms with E-state index in [4.69, 9.17) is 4.74 Å². The van der Waals surface area contributed by atoms with Crippen LogP contribution in [0.2, 0.25) is 0 Å². The van der Waals surface area contributed by atoms with E-state index >= 15 is 0 Å². The van der Waals surface area contributed by atoms with Gasteiger partial charge in [-0.2, -0.15) is 4.98 Å². The number of guanidine groups is 1. The van der Waals surface area contributed by atoms with Crippen molar-refractivity contribution in [1.29, 1.82) is 0 Å². The summed E-state index contributed by atoms with van der Waals surface area (Å²) in [5.41, 5.74) is 0. The first kappa shape index (κ1) is 20.7. The number of ether oxygens (including phenoxy) is 1. The molecule has 0 aromatic carbocycles. The normalized spacial score (nSPS) is 15.9. The lowest BCUT2D eigenvalue weighted by molar-refractivity contribution is 0.366. The molecule has 0 amide bonds. The highest BCUT2D eigenvalue weighted by Crippen LogP contribution is 2.23. The molecule has 0 spiro atoms. The van der Waals surface area contributed by atoms with Crippen molar-refractivity contribution in [2.24, 2.45) is 4.99 Å². The maximum Gasteiger partial charge on any atom is 0.232 e. The second-order valence-corrected chi connectivity index (χ2v) is 8.98. The number of anilines is 1. The fourth-order valence-corrected chi connectivity index (χ4v) is 3.28. The molecule has 1 aromatic heterocycles. The van der Waals surface area contributed by atoms with Gasteiger partial charge in [0.05, 0.1) is 30.1 Å². The molecule has 1 aliphatic heterocycles. The highest BCUT2D eigenvalue weighted by atomic mass is 79.9. The maximum absolute atomic E-state index is 11.3. The van der Waals surface area contributed by atoms with Gasteiger partial charge in [-0.05, 0) is 22.9 Å². The van der Waals surface area contributed by atoms with Crippen molar-refractivity contribution in [1.82, 2.24) is 20.2 Å². The second kappa shape index (κ2) is 9.36. The lowest BCUT2D eigenvalue weighted by atomic mass is 10.3. The Morgan fingerprint density at radius 2 is 2.08 bits per heavy atom. The maximum atomic E-state index is 11.3. The lowest BCUT2D eigenvalue weighted by Gasteiger charge is -2.36. The summed E-state index contributed by atoms with van der Waals surface area (Å²) < 4.78 is 28.5. The van der Waals surface area contributed by atoms with Crippen LogP contribution in [0.4, 0.5) is 5.95 Å². The molecule has 0 aliphatic carbocycles. The summed E-state index contributed by atoms with van der Waals surface area (Å²) in [5, 5.41) is 3.22. The molecule has 1 aliphatic rings. The molecule has 1 N–H and O–H groups in total. The molecule has 0 radical (unpaired) electrons. The molecule has 0 saturated carbocycles. The predicted octanol–water partition coefficient (Wildman–Crippen LogP) is 0.380. The molecule has 0 unspecified atom stereocenters. The second-order valence-electron chi connectivity index (χ2n) is 5.87. The minimum atomic E-state index is -3.01. The van der Waals surface area contributed by atoms with Crippen molar-refractivity contribution >= 4 is 37.7 Å². The average molecular weight is 449 g/mol. The van der Waals surface area contributed by atoms with Crippen molar-refractivity contribution in [3.8, 4) is 5.88 Å². The van der Waals surface area contributed by atoms with Gasteiger partial charge in [0.2, 0.25) is 11.8 Å². The van der Waals surface area contributed by atoms with E-state index in [0.717, 1.165) is 43.2 Å². The Balaban J connectivity index is 1.99. The molecule has 1 fully saturated rings. The van der Waals surface area contributed by atoms with Crippen molar-refractivity contribution in [2.45, 2.75) is 6.92 Å². The van der Waals surface area contributed by atoms with Crippen molar-refractivity contribution in [2.75, 3.05) is 63.3 Å². The highest BCUT2D eigenvalue weighted by molar-refractivity contribution is 9.10. The van der Waals surface area contributed by atoms with Crippen LogP contribution in [0.5, 0.6) is 5.88 Å². The number of nitrogens with zero attached hydrogens (tertiary/aromatic N) is 5. The summed E-state index contributed by atoms with van der Waals surface area (Å²) >= 11 is 3.35. The Hall–Kier alpha value is -1.62. The van der Waals surface area contributed by atoms with E-state index in [9.17, 15) is 8.42 Å². The zero-order valence-corrected chi connectivity index (χ0v) is 17.7. The number of aliphatic imine (C=N–C) groups is 1. The minimum Gasteiger partial charge on any atom is -0.480 e. The van der Waals surface area contributed by atoms with Crippen LogP contribution in [-0.2, 0) is 9.84 Å². The first-order chi connectivity index (χ1) is 12.3. The monoisotopic (exact) mass is 448 g/mol. The lowest BCUT2D eigenvalue weighted by Crippen LogP contribution is -2.53. The zero-order valence-electron chi connectivity index (χ0n) is 15.3. The molecule has 11 heteroatoms. The third kappa shape index (κ3) is 5.97. The van der Waals surface area contributed by atoms with E-state index in [0.29, 0.717) is 11.8 Å². The molecule has 146 valence electrons. The van der Waals surface area contributed by atoms with E-state index in [-0.39, 0.29) is 12.3 Å². The number of piperazine rings is 1. The van der Waals surface area contributed by atoms with Crippen LogP contribution in [0.3, 0.4) is 0 Å². The average Bonchev–Trinajstić information content (AvgIpc) is 2.61. The Morgan fingerprint density at radius 1 is 1.38 bits per heavy atom. The summed E-state index contributed by atoms with van der Waals surface area (Å²) in [7, 11) is -1.44. The Kier molecular flexibility index (Phi) is 7.44. The summed E-state index contributed by atoms with van der Waals surface area (Å²) in [6.45, 7) is 5.94. The smallest absolute Gasteiger partial charge is 0.232 e. The van der Waals surface area contributed by atoms with Gasteiger partial charge in [0.25, 0.3) is 0 Å². The van der Waals surface area contributed by atoms with Crippen LogP contribution in [0.25, 0.3) is 0 Å². The van der Waals surface area contributed by atoms with Gasteiger partial charge in [0.1, 0.15) is 9.84 Å². The van der Waals surface area contributed by atoms with Gasteiger partial charge in [-0.3, -0.25) is 4.99 Å². The number of methoxy groups -OCH3 is 1. The highest BCUT2D eigenvalue weighted by Gasteiger charge is 2.22. The summed E-state index contributed by atoms with van der Waals surface area (Å²) in [5.74, 6) is 1.93. The van der Waals surface area contributed by atoms with Crippen LogP contribution in [-0.4, -0.2) is 87.6 Å². The third-order valence-electron chi connectivity index (χ3n) is 3.81. The fourth-order valence-electron chi connectivity index (χ4n) is 2.50. The fraction of sp³-hybridized carbons (Fsp3) is 0.667. The van der Waals surface area contributed by atoms with Crippen molar-refractivity contribution in [3.63, 3.8) is 0 Å². The number of halogens is 1. The minimum absolute atomic E-state index is 0.0500. The van der Waals surface area contributed by atoms with Crippen LogP contribution >= 0.6 is 15.9 Å². The topological polar surface area (TPSA) is 100 Å². The summed E-state index contributed by atoms with van der Waals surface area (Å²) in [4.78, 5) is 17.4. The number of hydrogen-bond acceptors (Lipinski definition) is 7. The van der Waals surface area contributed by atoms with E-state index in [1.807, 2.05) is 6.92 Å². The van der Waals surface area contributed by atoms with Crippen molar-refractivity contribution < 1.29 is 13.2 Å². The number of aromatic nitrogens is 2. The quantitative estimate of drug-likeness (QED) is 0.492. The van der Waals surface area contributed by atoms with Gasteiger partial charge in [-0.1, -0.05) is 0 Å². The van der Waals surface area contributed by atoms with Crippen molar-refractivity contribution in [3.05, 3.63) is 10.7 Å². The van der Waals surface area contributed by atoms with Crippen LogP contribution < -0.4 is 15.0 Å². The summed E-state index contributed by atoms with van der Waals surface area (Å²) in [6.07, 6.45) is 2.91. The number of nitrogens with one attached hydrogen (secondary N) is 1. The molecular weight excluding hydrogens is 424 g/mol. The van der Waals surface area contributed by atoms with E-state index in [2.05, 4.69) is 46.0 Å². The van der Waals surface area contributed by atoms with Crippen LogP contribution in [0.1, 0.15) is 6.92 Å². The van der Waals surface area contributed by atoms with Crippen LogP contribution in [0, 0.1) is 0 Å². The molecule has 0 bridgehead atoms. The SMILES string of the molecule is CCNC(=NCCS(C)(=O)=O)N1CCN(c2ncc(Br)c(OC)n2)CC1. The Morgan fingerprint density at radius 3 is 2.65 bits per heavy atom. The standard InChI is InChI=1S/C15H25BrN6O3S/c1-4-17-14(18-5-10-26(3,23)24)21-6-8-22(9-7-21)15-19-11-12(16)13(20-15)25-2/h11H,4-10H2,1-3H3,(H,17,18). The van der Waals surface area contributed by atoms with Gasteiger partial charge >= 0.3 is 0 Å². The van der Waals surface area contributed by atoms with E-state index in [1.54, 1.807) is 13.3 Å². The van der Waals surface area contributed by atoms with Gasteiger partial charge in [0.15, 0.2) is 5.96 Å². The van der Waals surface area contributed by atoms with Gasteiger partial charge in [-0.25, -0.2) is 13.4 Å². The molecule has 1 aromatic rings. The largest absolute Gasteiger partial charge is 0.480 e. The first-order valence-corrected chi connectivity index (χ1v) is 11.2. The molecule has 1 saturated heterocycles.